The molecule has 0 aromatic carbocycles. The summed E-state index contributed by atoms with van der Waals surface area (Å²) in [6, 6.07) is 0.683. The lowest BCUT2D eigenvalue weighted by Crippen LogP contribution is -2.49. The first-order chi connectivity index (χ1) is 9.41. The molecule has 2 unspecified atom stereocenters. The Kier molecular flexibility index (Phi) is 3.87. The van der Waals surface area contributed by atoms with Gasteiger partial charge in [-0.1, -0.05) is 6.92 Å². The van der Waals surface area contributed by atoms with Crippen molar-refractivity contribution < 1.29 is 14.8 Å². The lowest BCUT2D eigenvalue weighted by Gasteiger charge is -2.38. The van der Waals surface area contributed by atoms with Gasteiger partial charge >= 0.3 is 5.97 Å². The zero-order valence-corrected chi connectivity index (χ0v) is 11.4. The Morgan fingerprint density at radius 1 is 1.60 bits per heavy atom. The average Bonchev–Trinajstić information content (AvgIpc) is 2.38. The SMILES string of the molecule is Cc1cnc(N2CCCC(C)C2C(=O)O)cc1[N+](=O)[O-]. The zero-order valence-electron chi connectivity index (χ0n) is 11.4. The van der Waals surface area contributed by atoms with Crippen LogP contribution in [0, 0.1) is 23.0 Å². The summed E-state index contributed by atoms with van der Waals surface area (Å²) in [5.41, 5.74) is 0.438. The molecule has 1 aromatic rings. The molecule has 7 heteroatoms. The summed E-state index contributed by atoms with van der Waals surface area (Å²) in [5, 5.41) is 20.3. The number of nitrogens with zero attached hydrogens (tertiary/aromatic N) is 3. The Morgan fingerprint density at radius 3 is 2.90 bits per heavy atom. The molecule has 2 atom stereocenters. The van der Waals surface area contributed by atoms with Gasteiger partial charge in [0, 0.05) is 18.3 Å². The Balaban J connectivity index is 2.40. The number of pyridine rings is 1. The second-order valence-electron chi connectivity index (χ2n) is 5.18. The van der Waals surface area contributed by atoms with E-state index in [1.54, 1.807) is 11.8 Å². The average molecular weight is 279 g/mol. The molecule has 1 saturated heterocycles. The maximum atomic E-state index is 11.4. The molecule has 7 nitrogen and oxygen atoms in total. The highest BCUT2D eigenvalue weighted by molar-refractivity contribution is 5.78. The lowest BCUT2D eigenvalue weighted by atomic mass is 9.91. The van der Waals surface area contributed by atoms with Gasteiger partial charge in [-0.15, -0.1) is 0 Å². The number of aromatic nitrogens is 1. The number of nitro groups is 1. The fourth-order valence-electron chi connectivity index (χ4n) is 2.68. The van der Waals surface area contributed by atoms with E-state index in [9.17, 15) is 20.0 Å². The molecule has 2 rings (SSSR count). The van der Waals surface area contributed by atoms with Gasteiger partial charge in [0.05, 0.1) is 11.0 Å². The fraction of sp³-hybridized carbons (Fsp3) is 0.538. The molecule has 0 spiro atoms. The third kappa shape index (κ3) is 2.56. The van der Waals surface area contributed by atoms with Crippen molar-refractivity contribution in [1.82, 2.24) is 4.98 Å². The summed E-state index contributed by atoms with van der Waals surface area (Å²) in [6.07, 6.45) is 3.11. The fourth-order valence-corrected chi connectivity index (χ4v) is 2.68. The number of carboxylic acid groups (broad SMARTS) is 1. The van der Waals surface area contributed by atoms with Gasteiger partial charge in [0.2, 0.25) is 0 Å². The quantitative estimate of drug-likeness (QED) is 0.671. The van der Waals surface area contributed by atoms with Crippen molar-refractivity contribution in [3.63, 3.8) is 0 Å². The predicted molar refractivity (Wildman–Crippen MR) is 72.8 cm³/mol. The predicted octanol–water partition coefficient (Wildman–Crippen LogP) is 1.99. The van der Waals surface area contributed by atoms with E-state index in [4.69, 9.17) is 0 Å². The summed E-state index contributed by atoms with van der Waals surface area (Å²) in [4.78, 5) is 27.8. The van der Waals surface area contributed by atoms with E-state index in [0.717, 1.165) is 12.8 Å². The smallest absolute Gasteiger partial charge is 0.326 e. The minimum Gasteiger partial charge on any atom is -0.480 e. The topological polar surface area (TPSA) is 96.6 Å². The van der Waals surface area contributed by atoms with Crippen LogP contribution in [0.3, 0.4) is 0 Å². The summed E-state index contributed by atoms with van der Waals surface area (Å²) >= 11 is 0. The molecule has 0 bridgehead atoms. The molecule has 0 radical (unpaired) electrons. The molecular formula is C13H17N3O4. The monoisotopic (exact) mass is 279 g/mol. The molecule has 0 aliphatic carbocycles. The van der Waals surface area contributed by atoms with Crippen molar-refractivity contribution in [3.05, 3.63) is 27.9 Å². The van der Waals surface area contributed by atoms with Crippen LogP contribution in [-0.2, 0) is 4.79 Å². The largest absolute Gasteiger partial charge is 0.480 e. The number of carbonyl (C=O) groups is 1. The number of aliphatic carboxylic acids is 1. The van der Waals surface area contributed by atoms with Crippen LogP contribution >= 0.6 is 0 Å². The third-order valence-electron chi connectivity index (χ3n) is 3.74. The van der Waals surface area contributed by atoms with Crippen LogP contribution in [0.15, 0.2) is 12.3 Å². The third-order valence-corrected chi connectivity index (χ3v) is 3.74. The number of hydrogen-bond acceptors (Lipinski definition) is 5. The number of hydrogen-bond donors (Lipinski definition) is 1. The summed E-state index contributed by atoms with van der Waals surface area (Å²) in [7, 11) is 0. The van der Waals surface area contributed by atoms with E-state index >= 15 is 0 Å². The van der Waals surface area contributed by atoms with Gasteiger partial charge < -0.3 is 10.0 Å². The highest BCUT2D eigenvalue weighted by Gasteiger charge is 2.35. The molecule has 20 heavy (non-hydrogen) atoms. The van der Waals surface area contributed by atoms with Crippen molar-refractivity contribution >= 4 is 17.5 Å². The molecule has 1 fully saturated rings. The Bertz CT molecular complexity index is 546. The normalized spacial score (nSPS) is 22.6. The number of carboxylic acids is 1. The first-order valence-corrected chi connectivity index (χ1v) is 6.52. The molecular weight excluding hydrogens is 262 g/mol. The highest BCUT2D eigenvalue weighted by Crippen LogP contribution is 2.30. The van der Waals surface area contributed by atoms with Gasteiger partial charge in [-0.3, -0.25) is 10.1 Å². The second kappa shape index (κ2) is 5.44. The first-order valence-electron chi connectivity index (χ1n) is 6.52. The minimum absolute atomic E-state index is 0.0107. The number of anilines is 1. The van der Waals surface area contributed by atoms with Gasteiger partial charge in [-0.25, -0.2) is 9.78 Å². The van der Waals surface area contributed by atoms with E-state index in [0.29, 0.717) is 17.9 Å². The maximum absolute atomic E-state index is 11.4. The van der Waals surface area contributed by atoms with Crippen molar-refractivity contribution in [2.24, 2.45) is 5.92 Å². The van der Waals surface area contributed by atoms with Gasteiger partial charge in [-0.05, 0) is 25.7 Å². The Morgan fingerprint density at radius 2 is 2.30 bits per heavy atom. The molecule has 1 N–H and O–H groups in total. The van der Waals surface area contributed by atoms with E-state index in [-0.39, 0.29) is 11.6 Å². The first kappa shape index (κ1) is 14.2. The van der Waals surface area contributed by atoms with Crippen molar-refractivity contribution in [2.45, 2.75) is 32.7 Å². The molecule has 1 aliphatic rings. The van der Waals surface area contributed by atoms with E-state index in [2.05, 4.69) is 4.98 Å². The minimum atomic E-state index is -0.915. The summed E-state index contributed by atoms with van der Waals surface area (Å²) < 4.78 is 0. The van der Waals surface area contributed by atoms with Crippen molar-refractivity contribution in [1.29, 1.82) is 0 Å². The molecule has 0 saturated carbocycles. The number of aryl methyl sites for hydroxylation is 1. The zero-order chi connectivity index (χ0) is 14.9. The van der Waals surface area contributed by atoms with Gasteiger partial charge in [0.1, 0.15) is 11.9 Å². The van der Waals surface area contributed by atoms with E-state index < -0.39 is 16.9 Å². The second-order valence-corrected chi connectivity index (χ2v) is 5.18. The van der Waals surface area contributed by atoms with Crippen LogP contribution in [0.2, 0.25) is 0 Å². The molecule has 108 valence electrons. The molecule has 0 amide bonds. The molecule has 2 heterocycles. The van der Waals surface area contributed by atoms with E-state index in [1.807, 2.05) is 6.92 Å². The van der Waals surface area contributed by atoms with Crippen LogP contribution < -0.4 is 4.90 Å². The molecule has 1 aliphatic heterocycles. The Labute approximate surface area is 116 Å². The van der Waals surface area contributed by atoms with Crippen LogP contribution in [0.4, 0.5) is 11.5 Å². The lowest BCUT2D eigenvalue weighted by molar-refractivity contribution is -0.385. The van der Waals surface area contributed by atoms with Crippen molar-refractivity contribution in [2.75, 3.05) is 11.4 Å². The van der Waals surface area contributed by atoms with Crippen LogP contribution in [-0.4, -0.2) is 33.6 Å². The highest BCUT2D eigenvalue weighted by atomic mass is 16.6. The van der Waals surface area contributed by atoms with Gasteiger partial charge in [0.25, 0.3) is 5.69 Å². The van der Waals surface area contributed by atoms with Crippen LogP contribution in [0.25, 0.3) is 0 Å². The maximum Gasteiger partial charge on any atom is 0.326 e. The van der Waals surface area contributed by atoms with Gasteiger partial charge in [-0.2, -0.15) is 0 Å². The van der Waals surface area contributed by atoms with Gasteiger partial charge in [0.15, 0.2) is 0 Å². The summed E-state index contributed by atoms with van der Waals surface area (Å²) in [5.74, 6) is -0.563. The molecule has 1 aromatic heterocycles. The Hall–Kier alpha value is -2.18. The number of piperidine rings is 1. The van der Waals surface area contributed by atoms with Crippen LogP contribution in [0.1, 0.15) is 25.3 Å². The van der Waals surface area contributed by atoms with Crippen molar-refractivity contribution in [3.8, 4) is 0 Å². The summed E-state index contributed by atoms with van der Waals surface area (Å²) in [6.45, 7) is 4.05. The van der Waals surface area contributed by atoms with Crippen LogP contribution in [0.5, 0.6) is 0 Å². The number of rotatable bonds is 3. The van der Waals surface area contributed by atoms with E-state index in [1.165, 1.54) is 12.3 Å². The standard InChI is InChI=1S/C13H17N3O4/c1-8-4-3-5-15(12(8)13(17)18)11-6-10(16(19)20)9(2)7-14-11/h6-8,12H,3-5H2,1-2H3,(H,17,18).